The van der Waals surface area contributed by atoms with E-state index in [1.807, 2.05) is 12.1 Å². The summed E-state index contributed by atoms with van der Waals surface area (Å²) in [5.74, 6) is -6.58. The first-order chi connectivity index (χ1) is 15.0. The number of ether oxygens (including phenoxy) is 1. The molecule has 0 aromatic heterocycles. The van der Waals surface area contributed by atoms with Gasteiger partial charge in [-0.25, -0.2) is 0 Å². The van der Waals surface area contributed by atoms with Gasteiger partial charge >= 0.3 is 18.1 Å². The van der Waals surface area contributed by atoms with E-state index in [0.717, 1.165) is 42.0 Å². The lowest BCUT2D eigenvalue weighted by molar-refractivity contribution is -0.289. The molecule has 0 amide bonds. The Hall–Kier alpha value is -2.61. The number of allylic oxidation sites excluding steroid dienone is 1. The number of benzene rings is 2. The van der Waals surface area contributed by atoms with Crippen LogP contribution in [0.3, 0.4) is 0 Å². The van der Waals surface area contributed by atoms with Crippen LogP contribution in [0.2, 0.25) is 5.02 Å². The molecule has 0 bridgehead atoms. The second kappa shape index (κ2) is 9.48. The summed E-state index contributed by atoms with van der Waals surface area (Å²) in [7, 11) is 0. The molecule has 0 unspecified atom stereocenters. The lowest BCUT2D eigenvalue weighted by atomic mass is 9.97. The fourth-order valence-electron chi connectivity index (χ4n) is 3.69. The quantitative estimate of drug-likeness (QED) is 0.418. The molecule has 9 heteroatoms. The summed E-state index contributed by atoms with van der Waals surface area (Å²) in [6.45, 7) is 0.0451. The molecule has 3 rings (SSSR count). The van der Waals surface area contributed by atoms with Crippen LogP contribution >= 0.6 is 11.6 Å². The topological polar surface area (TPSA) is 46.5 Å². The number of carbonyl (C=O) groups is 1. The molecular weight excluding hydrogens is 455 g/mol. The van der Waals surface area contributed by atoms with Gasteiger partial charge in [0, 0.05) is 17.0 Å². The molecule has 1 aliphatic carbocycles. The Bertz CT molecular complexity index is 1010. The van der Waals surface area contributed by atoms with Gasteiger partial charge in [-0.1, -0.05) is 29.8 Å². The molecule has 1 aliphatic rings. The van der Waals surface area contributed by atoms with E-state index < -0.39 is 36.5 Å². The van der Waals surface area contributed by atoms with Gasteiger partial charge in [-0.3, -0.25) is 4.79 Å². The molecule has 0 atom stereocenters. The first-order valence-corrected chi connectivity index (χ1v) is 10.3. The van der Waals surface area contributed by atoms with Crippen LogP contribution in [0, 0.1) is 0 Å². The van der Waals surface area contributed by atoms with E-state index in [9.17, 15) is 26.7 Å². The van der Waals surface area contributed by atoms with Gasteiger partial charge in [0.2, 0.25) is 0 Å². The third-order valence-electron chi connectivity index (χ3n) is 5.32. The highest BCUT2D eigenvalue weighted by atomic mass is 35.5. The third kappa shape index (κ3) is 5.41. The minimum Gasteiger partial charge on any atom is -0.489 e. The maximum Gasteiger partial charge on any atom is 0.458 e. The summed E-state index contributed by atoms with van der Waals surface area (Å²) in [6, 6.07) is 10.2. The van der Waals surface area contributed by atoms with Crippen LogP contribution in [0.5, 0.6) is 5.75 Å². The van der Waals surface area contributed by atoms with E-state index in [-0.39, 0.29) is 17.9 Å². The number of hydrogen-bond acceptors (Lipinski definition) is 2. The van der Waals surface area contributed by atoms with E-state index in [1.165, 1.54) is 6.07 Å². The highest BCUT2D eigenvalue weighted by molar-refractivity contribution is 6.30. The van der Waals surface area contributed by atoms with Gasteiger partial charge in [0.1, 0.15) is 12.4 Å². The third-order valence-corrected chi connectivity index (χ3v) is 5.57. The van der Waals surface area contributed by atoms with Crippen LogP contribution in [-0.4, -0.2) is 23.9 Å². The Morgan fingerprint density at radius 3 is 2.34 bits per heavy atom. The minimum atomic E-state index is -5.82. The zero-order valence-corrected chi connectivity index (χ0v) is 17.6. The summed E-state index contributed by atoms with van der Waals surface area (Å²) in [6.07, 6.45) is -4.45. The summed E-state index contributed by atoms with van der Waals surface area (Å²) in [4.78, 5) is 10.8. The van der Waals surface area contributed by atoms with E-state index in [4.69, 9.17) is 21.4 Å². The number of aliphatic carboxylic acids is 1. The molecule has 1 N–H and O–H groups in total. The van der Waals surface area contributed by atoms with Crippen LogP contribution in [0.4, 0.5) is 22.0 Å². The average molecular weight is 475 g/mol. The van der Waals surface area contributed by atoms with Gasteiger partial charge in [-0.05, 0) is 72.2 Å². The normalized spacial score (nSPS) is 14.7. The molecule has 0 saturated heterocycles. The molecule has 32 heavy (non-hydrogen) atoms. The van der Waals surface area contributed by atoms with Crippen LogP contribution in [0.15, 0.2) is 48.0 Å². The van der Waals surface area contributed by atoms with E-state index in [2.05, 4.69) is 0 Å². The Kier molecular flexibility index (Phi) is 7.12. The highest BCUT2D eigenvalue weighted by Crippen LogP contribution is 2.46. The minimum absolute atomic E-state index is 0.0451. The second-order valence-corrected chi connectivity index (χ2v) is 7.95. The van der Waals surface area contributed by atoms with Crippen molar-refractivity contribution in [2.45, 2.75) is 44.2 Å². The van der Waals surface area contributed by atoms with Crippen molar-refractivity contribution in [1.29, 1.82) is 0 Å². The zero-order chi connectivity index (χ0) is 23.5. The molecule has 0 spiro atoms. The molecule has 2 aromatic carbocycles. The predicted octanol–water partition coefficient (Wildman–Crippen LogP) is 7.03. The predicted molar refractivity (Wildman–Crippen MR) is 110 cm³/mol. The van der Waals surface area contributed by atoms with Crippen LogP contribution in [0.25, 0.3) is 5.57 Å². The monoisotopic (exact) mass is 474 g/mol. The van der Waals surface area contributed by atoms with Crippen molar-refractivity contribution in [3.63, 3.8) is 0 Å². The van der Waals surface area contributed by atoms with Crippen LogP contribution in [0.1, 0.15) is 42.4 Å². The van der Waals surface area contributed by atoms with Crippen LogP contribution in [-0.2, 0) is 17.1 Å². The van der Waals surface area contributed by atoms with Gasteiger partial charge in [0.25, 0.3) is 0 Å². The van der Waals surface area contributed by atoms with Gasteiger partial charge in [-0.15, -0.1) is 0 Å². The fourth-order valence-corrected chi connectivity index (χ4v) is 3.81. The lowest BCUT2D eigenvalue weighted by Crippen LogP contribution is -2.34. The van der Waals surface area contributed by atoms with Crippen molar-refractivity contribution in [3.8, 4) is 5.75 Å². The number of carboxylic acid groups (broad SMARTS) is 1. The van der Waals surface area contributed by atoms with Gasteiger partial charge in [-0.2, -0.15) is 22.0 Å². The molecule has 3 nitrogen and oxygen atoms in total. The standard InChI is InChI=1S/C23H20ClF5O3/c24-17-8-4-14(5-9-17)19-3-1-2-16(19)13-32-18-10-6-15(7-11-21(30)31)20(12-18)22(25,26)23(27,28)29/h4-6,8-10,12H,1-3,7,11,13H2,(H,30,31). The van der Waals surface area contributed by atoms with Crippen LogP contribution < -0.4 is 4.74 Å². The second-order valence-electron chi connectivity index (χ2n) is 7.52. The number of aryl methyl sites for hydroxylation is 1. The van der Waals surface area contributed by atoms with E-state index in [0.29, 0.717) is 11.1 Å². The number of hydrogen-bond donors (Lipinski definition) is 1. The number of rotatable bonds is 8. The fraction of sp³-hybridized carbons (Fsp3) is 0.348. The molecule has 0 saturated carbocycles. The van der Waals surface area contributed by atoms with Crippen molar-refractivity contribution in [3.05, 3.63) is 69.8 Å². The Morgan fingerprint density at radius 1 is 1.03 bits per heavy atom. The van der Waals surface area contributed by atoms with Gasteiger partial charge in [0.15, 0.2) is 0 Å². The van der Waals surface area contributed by atoms with E-state index >= 15 is 0 Å². The number of alkyl halides is 5. The molecule has 2 aromatic rings. The first-order valence-electron chi connectivity index (χ1n) is 9.88. The largest absolute Gasteiger partial charge is 0.489 e. The lowest BCUT2D eigenvalue weighted by Gasteiger charge is -2.23. The van der Waals surface area contributed by atoms with Crippen molar-refractivity contribution < 1.29 is 36.6 Å². The summed E-state index contributed by atoms with van der Waals surface area (Å²) >= 11 is 5.92. The number of halogens is 6. The molecular formula is C23H20ClF5O3. The molecule has 0 fully saturated rings. The first kappa shape index (κ1) is 24.0. The van der Waals surface area contributed by atoms with Gasteiger partial charge in [0.05, 0.1) is 0 Å². The molecule has 0 heterocycles. The molecule has 0 aliphatic heterocycles. The Morgan fingerprint density at radius 2 is 1.72 bits per heavy atom. The maximum absolute atomic E-state index is 14.1. The Balaban J connectivity index is 1.86. The average Bonchev–Trinajstić information content (AvgIpc) is 3.19. The van der Waals surface area contributed by atoms with Crippen molar-refractivity contribution in [1.82, 2.24) is 0 Å². The maximum atomic E-state index is 14.1. The summed E-state index contributed by atoms with van der Waals surface area (Å²) in [5, 5.41) is 9.36. The van der Waals surface area contributed by atoms with Gasteiger partial charge < -0.3 is 9.84 Å². The Labute approximate surface area is 186 Å². The summed E-state index contributed by atoms with van der Waals surface area (Å²) < 4.78 is 72.9. The highest BCUT2D eigenvalue weighted by Gasteiger charge is 2.59. The van der Waals surface area contributed by atoms with E-state index in [1.54, 1.807) is 12.1 Å². The molecule has 172 valence electrons. The molecule has 0 radical (unpaired) electrons. The van der Waals surface area contributed by atoms with Crippen molar-refractivity contribution >= 4 is 23.1 Å². The SMILES string of the molecule is O=C(O)CCc1ccc(OCC2=C(c3ccc(Cl)cc3)CCC2)cc1C(F)(F)C(F)(F)F. The zero-order valence-electron chi connectivity index (χ0n) is 16.8. The number of carboxylic acids is 1. The van der Waals surface area contributed by atoms with Crippen molar-refractivity contribution in [2.75, 3.05) is 6.61 Å². The summed E-state index contributed by atoms with van der Waals surface area (Å²) in [5.41, 5.74) is 1.26. The smallest absolute Gasteiger partial charge is 0.458 e. The van der Waals surface area contributed by atoms with Crippen molar-refractivity contribution in [2.24, 2.45) is 0 Å².